The van der Waals surface area contributed by atoms with Crippen molar-refractivity contribution in [3.63, 3.8) is 0 Å². The van der Waals surface area contributed by atoms with E-state index in [2.05, 4.69) is 9.97 Å². The Morgan fingerprint density at radius 1 is 1.60 bits per heavy atom. The van der Waals surface area contributed by atoms with Crippen molar-refractivity contribution in [1.29, 1.82) is 5.26 Å². The first-order valence-corrected chi connectivity index (χ1v) is 4.60. The number of hydrogen-bond donors (Lipinski definition) is 0. The van der Waals surface area contributed by atoms with Crippen LogP contribution in [0.1, 0.15) is 24.3 Å². The minimum atomic E-state index is -0.264. The van der Waals surface area contributed by atoms with Crippen LogP contribution in [0.2, 0.25) is 0 Å². The van der Waals surface area contributed by atoms with E-state index in [-0.39, 0.29) is 24.2 Å². The zero-order chi connectivity index (χ0) is 11.3. The highest BCUT2D eigenvalue weighted by molar-refractivity contribution is 5.92. The van der Waals surface area contributed by atoms with Gasteiger partial charge in [0.1, 0.15) is 12.2 Å². The summed E-state index contributed by atoms with van der Waals surface area (Å²) in [4.78, 5) is 21.0. The Hall–Kier alpha value is -1.96. The third kappa shape index (κ3) is 2.74. The molecule has 1 amide bonds. The lowest BCUT2D eigenvalue weighted by atomic mass is 10.3. The second kappa shape index (κ2) is 5.05. The van der Waals surface area contributed by atoms with Crippen molar-refractivity contribution in [3.8, 4) is 6.07 Å². The molecule has 0 aliphatic carbocycles. The van der Waals surface area contributed by atoms with Gasteiger partial charge in [0.25, 0.3) is 5.91 Å². The Kier molecular flexibility index (Phi) is 3.75. The summed E-state index contributed by atoms with van der Waals surface area (Å²) in [5.74, 6) is -0.264. The number of nitriles is 1. The Morgan fingerprint density at radius 3 is 2.80 bits per heavy atom. The molecule has 5 nitrogen and oxygen atoms in total. The molecule has 0 radical (unpaired) electrons. The van der Waals surface area contributed by atoms with Crippen LogP contribution in [0.25, 0.3) is 0 Å². The fourth-order valence-corrected chi connectivity index (χ4v) is 1.12. The first-order valence-electron chi connectivity index (χ1n) is 4.60. The van der Waals surface area contributed by atoms with Crippen molar-refractivity contribution in [2.45, 2.75) is 19.9 Å². The van der Waals surface area contributed by atoms with Gasteiger partial charge >= 0.3 is 0 Å². The fraction of sp³-hybridized carbons (Fsp3) is 0.400. The van der Waals surface area contributed by atoms with E-state index in [0.29, 0.717) is 0 Å². The highest BCUT2D eigenvalue weighted by atomic mass is 16.2. The van der Waals surface area contributed by atoms with Crippen LogP contribution in [-0.2, 0) is 0 Å². The molecule has 1 aromatic heterocycles. The van der Waals surface area contributed by atoms with Crippen molar-refractivity contribution in [1.82, 2.24) is 14.9 Å². The van der Waals surface area contributed by atoms with Crippen molar-refractivity contribution in [2.75, 3.05) is 6.54 Å². The Labute approximate surface area is 88.4 Å². The molecular weight excluding hydrogens is 192 g/mol. The van der Waals surface area contributed by atoms with Gasteiger partial charge < -0.3 is 4.90 Å². The summed E-state index contributed by atoms with van der Waals surface area (Å²) in [5.41, 5.74) is 0.265. The average Bonchev–Trinajstić information content (AvgIpc) is 2.26. The molecule has 1 heterocycles. The summed E-state index contributed by atoms with van der Waals surface area (Å²) < 4.78 is 0. The number of nitrogens with zero attached hydrogens (tertiary/aromatic N) is 4. The van der Waals surface area contributed by atoms with Gasteiger partial charge in [0.15, 0.2) is 0 Å². The smallest absolute Gasteiger partial charge is 0.275 e. The molecule has 0 aromatic carbocycles. The minimum Gasteiger partial charge on any atom is -0.322 e. The predicted molar refractivity (Wildman–Crippen MR) is 53.8 cm³/mol. The molecule has 1 rings (SSSR count). The van der Waals surface area contributed by atoms with E-state index < -0.39 is 0 Å². The Bertz CT molecular complexity index is 369. The monoisotopic (exact) mass is 204 g/mol. The first kappa shape index (κ1) is 11.1. The molecule has 0 aliphatic rings. The van der Waals surface area contributed by atoms with E-state index in [9.17, 15) is 4.79 Å². The molecule has 0 spiro atoms. The fourth-order valence-electron chi connectivity index (χ4n) is 1.12. The van der Waals surface area contributed by atoms with Crippen LogP contribution < -0.4 is 0 Å². The molecule has 15 heavy (non-hydrogen) atoms. The Balaban J connectivity index is 2.87. The van der Waals surface area contributed by atoms with Gasteiger partial charge in [-0.3, -0.25) is 9.78 Å². The van der Waals surface area contributed by atoms with Gasteiger partial charge in [0.2, 0.25) is 0 Å². The van der Waals surface area contributed by atoms with E-state index >= 15 is 0 Å². The first-order chi connectivity index (χ1) is 7.16. The second-order valence-corrected chi connectivity index (χ2v) is 3.28. The van der Waals surface area contributed by atoms with E-state index in [1.165, 1.54) is 23.5 Å². The average molecular weight is 204 g/mol. The van der Waals surface area contributed by atoms with Crippen LogP contribution in [0.5, 0.6) is 0 Å². The SMILES string of the molecule is CC(C)N(CC#N)C(=O)c1cnccn1. The molecule has 0 unspecified atom stereocenters. The van der Waals surface area contributed by atoms with Crippen LogP contribution in [0, 0.1) is 11.3 Å². The largest absolute Gasteiger partial charge is 0.322 e. The molecular formula is C10H12N4O. The molecule has 0 aliphatic heterocycles. The Morgan fingerprint density at radius 2 is 2.33 bits per heavy atom. The highest BCUT2D eigenvalue weighted by Crippen LogP contribution is 2.04. The van der Waals surface area contributed by atoms with Crippen molar-refractivity contribution < 1.29 is 4.79 Å². The van der Waals surface area contributed by atoms with Gasteiger partial charge in [-0.15, -0.1) is 0 Å². The summed E-state index contributed by atoms with van der Waals surface area (Å²) in [6.07, 6.45) is 4.36. The van der Waals surface area contributed by atoms with Gasteiger partial charge in [-0.1, -0.05) is 0 Å². The number of carbonyl (C=O) groups excluding carboxylic acids is 1. The maximum absolute atomic E-state index is 11.8. The zero-order valence-electron chi connectivity index (χ0n) is 8.71. The van der Waals surface area contributed by atoms with Crippen LogP contribution in [0.4, 0.5) is 0 Å². The molecule has 78 valence electrons. The normalized spacial score (nSPS) is 9.73. The van der Waals surface area contributed by atoms with Crippen LogP contribution in [0.3, 0.4) is 0 Å². The van der Waals surface area contributed by atoms with Crippen molar-refractivity contribution in [3.05, 3.63) is 24.3 Å². The molecule has 0 saturated carbocycles. The molecule has 0 fully saturated rings. The summed E-state index contributed by atoms with van der Waals surface area (Å²) in [7, 11) is 0. The number of aromatic nitrogens is 2. The van der Waals surface area contributed by atoms with Crippen molar-refractivity contribution >= 4 is 5.91 Å². The van der Waals surface area contributed by atoms with E-state index in [4.69, 9.17) is 5.26 Å². The molecule has 0 bridgehead atoms. The topological polar surface area (TPSA) is 69.9 Å². The lowest BCUT2D eigenvalue weighted by molar-refractivity contribution is 0.0725. The van der Waals surface area contributed by atoms with Crippen LogP contribution >= 0.6 is 0 Å². The summed E-state index contributed by atoms with van der Waals surface area (Å²) in [5, 5.41) is 8.60. The molecule has 0 N–H and O–H groups in total. The van der Waals surface area contributed by atoms with Crippen LogP contribution in [0.15, 0.2) is 18.6 Å². The zero-order valence-corrected chi connectivity index (χ0v) is 8.71. The van der Waals surface area contributed by atoms with Crippen LogP contribution in [-0.4, -0.2) is 33.4 Å². The lowest BCUT2D eigenvalue weighted by Crippen LogP contribution is -2.37. The van der Waals surface area contributed by atoms with Gasteiger partial charge in [0, 0.05) is 18.4 Å². The minimum absolute atomic E-state index is 0.0286. The summed E-state index contributed by atoms with van der Waals surface area (Å²) in [6.45, 7) is 3.77. The van der Waals surface area contributed by atoms with Gasteiger partial charge in [-0.2, -0.15) is 5.26 Å². The highest BCUT2D eigenvalue weighted by Gasteiger charge is 2.19. The van der Waals surface area contributed by atoms with Gasteiger partial charge in [-0.05, 0) is 13.8 Å². The number of hydrogen-bond acceptors (Lipinski definition) is 4. The number of rotatable bonds is 3. The van der Waals surface area contributed by atoms with Gasteiger partial charge in [0.05, 0.1) is 12.3 Å². The summed E-state index contributed by atoms with van der Waals surface area (Å²) >= 11 is 0. The molecule has 0 atom stereocenters. The van der Waals surface area contributed by atoms with Gasteiger partial charge in [-0.25, -0.2) is 4.98 Å². The maximum Gasteiger partial charge on any atom is 0.275 e. The number of carbonyl (C=O) groups is 1. The van der Waals surface area contributed by atoms with E-state index in [1.54, 1.807) is 0 Å². The standard InChI is InChI=1S/C10H12N4O/c1-8(2)14(6-3-11)10(15)9-7-12-4-5-13-9/h4-5,7-8H,6H2,1-2H3. The quantitative estimate of drug-likeness (QED) is 0.684. The van der Waals surface area contributed by atoms with Crippen molar-refractivity contribution in [2.24, 2.45) is 0 Å². The third-order valence-corrected chi connectivity index (χ3v) is 1.91. The molecule has 0 saturated heterocycles. The molecule has 1 aromatic rings. The molecule has 5 heteroatoms. The maximum atomic E-state index is 11.8. The lowest BCUT2D eigenvalue weighted by Gasteiger charge is -2.22. The summed E-state index contributed by atoms with van der Waals surface area (Å²) in [6, 6.07) is 1.93. The number of amides is 1. The van der Waals surface area contributed by atoms with E-state index in [1.807, 2.05) is 19.9 Å². The van der Waals surface area contributed by atoms with E-state index in [0.717, 1.165) is 0 Å². The predicted octanol–water partition coefficient (Wildman–Crippen LogP) is 0.851. The second-order valence-electron chi connectivity index (χ2n) is 3.28. The third-order valence-electron chi connectivity index (χ3n) is 1.91.